The molecule has 0 saturated carbocycles. The first kappa shape index (κ1) is 14.7. The predicted molar refractivity (Wildman–Crippen MR) is 74.0 cm³/mol. The lowest BCUT2D eigenvalue weighted by atomic mass is 9.97. The van der Waals surface area contributed by atoms with E-state index in [9.17, 15) is 4.79 Å². The van der Waals surface area contributed by atoms with E-state index >= 15 is 0 Å². The molecule has 3 heteroatoms. The molecule has 0 saturated heterocycles. The molecule has 1 aromatic carbocycles. The van der Waals surface area contributed by atoms with Crippen LogP contribution in [0.15, 0.2) is 24.3 Å². The third-order valence-electron chi connectivity index (χ3n) is 2.67. The maximum absolute atomic E-state index is 12.0. The van der Waals surface area contributed by atoms with Gasteiger partial charge >= 0.3 is 0 Å². The molecule has 1 unspecified atom stereocenters. The molecule has 0 fully saturated rings. The number of carbonyl (C=O) groups excluding carboxylic acids is 1. The summed E-state index contributed by atoms with van der Waals surface area (Å²) in [5, 5.41) is 0. The van der Waals surface area contributed by atoms with Gasteiger partial charge in [0.15, 0.2) is 5.78 Å². The Kier molecular flexibility index (Phi) is 5.86. The molecule has 0 bridgehead atoms. The number of Topliss-reactive ketones (excluding diaryl/α,β-unsaturated/α-hetero) is 1. The molecule has 1 atom stereocenters. The highest BCUT2D eigenvalue weighted by atomic mass is 16.5. The number of benzene rings is 1. The van der Waals surface area contributed by atoms with E-state index in [1.54, 1.807) is 12.1 Å². The number of rotatable bonds is 7. The quantitative estimate of drug-likeness (QED) is 0.756. The minimum atomic E-state index is -0.410. The number of ether oxygens (including phenoxy) is 1. The molecule has 18 heavy (non-hydrogen) atoms. The third-order valence-corrected chi connectivity index (χ3v) is 2.67. The number of hydrogen-bond acceptors (Lipinski definition) is 3. The summed E-state index contributed by atoms with van der Waals surface area (Å²) in [6.45, 7) is 6.88. The van der Waals surface area contributed by atoms with Gasteiger partial charge in [-0.15, -0.1) is 0 Å². The van der Waals surface area contributed by atoms with E-state index < -0.39 is 6.04 Å². The van der Waals surface area contributed by atoms with Crippen molar-refractivity contribution >= 4 is 5.78 Å². The zero-order valence-electron chi connectivity index (χ0n) is 11.5. The molecule has 0 aromatic heterocycles. The van der Waals surface area contributed by atoms with E-state index in [0.29, 0.717) is 24.5 Å². The average molecular weight is 249 g/mol. The van der Waals surface area contributed by atoms with E-state index in [-0.39, 0.29) is 5.78 Å². The molecule has 1 aromatic rings. The lowest BCUT2D eigenvalue weighted by Crippen LogP contribution is -2.31. The smallest absolute Gasteiger partial charge is 0.179 e. The van der Waals surface area contributed by atoms with Crippen molar-refractivity contribution in [3.05, 3.63) is 29.8 Å². The van der Waals surface area contributed by atoms with Crippen molar-refractivity contribution in [2.24, 2.45) is 11.7 Å². The van der Waals surface area contributed by atoms with Crippen molar-refractivity contribution in [1.82, 2.24) is 0 Å². The number of carbonyl (C=O) groups is 1. The summed E-state index contributed by atoms with van der Waals surface area (Å²) in [6.07, 6.45) is 1.69. The Morgan fingerprint density at radius 2 is 1.89 bits per heavy atom. The Balaban J connectivity index is 2.63. The molecular weight excluding hydrogens is 226 g/mol. The molecule has 0 radical (unpaired) electrons. The van der Waals surface area contributed by atoms with Crippen molar-refractivity contribution < 1.29 is 9.53 Å². The van der Waals surface area contributed by atoms with E-state index in [1.807, 2.05) is 12.1 Å². The van der Waals surface area contributed by atoms with Gasteiger partial charge in [-0.25, -0.2) is 0 Å². The van der Waals surface area contributed by atoms with Crippen LogP contribution in [0, 0.1) is 5.92 Å². The number of nitrogens with two attached hydrogens (primary N) is 1. The summed E-state index contributed by atoms with van der Waals surface area (Å²) < 4.78 is 5.47. The number of ketones is 1. The number of hydrogen-bond donors (Lipinski definition) is 1. The second kappa shape index (κ2) is 7.17. The maximum Gasteiger partial charge on any atom is 0.179 e. The van der Waals surface area contributed by atoms with Crippen LogP contribution >= 0.6 is 0 Å². The fraction of sp³-hybridized carbons (Fsp3) is 0.533. The lowest BCUT2D eigenvalue weighted by Gasteiger charge is -2.13. The highest BCUT2D eigenvalue weighted by Crippen LogP contribution is 2.15. The monoisotopic (exact) mass is 249 g/mol. The second-order valence-corrected chi connectivity index (χ2v) is 4.97. The fourth-order valence-electron chi connectivity index (χ4n) is 1.76. The predicted octanol–water partition coefficient (Wildman–Crippen LogP) is 3.03. The van der Waals surface area contributed by atoms with Gasteiger partial charge in [0.25, 0.3) is 0 Å². The highest BCUT2D eigenvalue weighted by Gasteiger charge is 2.16. The van der Waals surface area contributed by atoms with Crippen molar-refractivity contribution in [2.75, 3.05) is 6.61 Å². The van der Waals surface area contributed by atoms with Crippen molar-refractivity contribution in [3.63, 3.8) is 0 Å². The van der Waals surface area contributed by atoms with E-state index in [1.165, 1.54) is 0 Å². The standard InChI is InChI=1S/C15H23NO2/c1-4-9-18-13-7-5-12(6-8-13)15(17)14(16)10-11(2)3/h5-8,11,14H,4,9-10,16H2,1-3H3. The third kappa shape index (κ3) is 4.49. The Morgan fingerprint density at radius 3 is 2.39 bits per heavy atom. The normalized spacial score (nSPS) is 12.5. The lowest BCUT2D eigenvalue weighted by molar-refractivity contribution is 0.0951. The zero-order valence-corrected chi connectivity index (χ0v) is 11.5. The Labute approximate surface area is 109 Å². The molecule has 1 rings (SSSR count). The van der Waals surface area contributed by atoms with Gasteiger partial charge in [0.2, 0.25) is 0 Å². The van der Waals surface area contributed by atoms with Gasteiger partial charge in [0.05, 0.1) is 12.6 Å². The molecule has 2 N–H and O–H groups in total. The Morgan fingerprint density at radius 1 is 1.28 bits per heavy atom. The highest BCUT2D eigenvalue weighted by molar-refractivity contribution is 6.00. The van der Waals surface area contributed by atoms with Crippen LogP contribution in [0.4, 0.5) is 0 Å². The molecule has 0 aliphatic carbocycles. The SMILES string of the molecule is CCCOc1ccc(C(=O)C(N)CC(C)C)cc1. The van der Waals surface area contributed by atoms with E-state index in [2.05, 4.69) is 20.8 Å². The molecule has 3 nitrogen and oxygen atoms in total. The summed E-state index contributed by atoms with van der Waals surface area (Å²) >= 11 is 0. The van der Waals surface area contributed by atoms with Gasteiger partial charge in [-0.05, 0) is 43.0 Å². The van der Waals surface area contributed by atoms with Crippen LogP contribution < -0.4 is 10.5 Å². The van der Waals surface area contributed by atoms with E-state index in [0.717, 1.165) is 12.2 Å². The summed E-state index contributed by atoms with van der Waals surface area (Å²) in [5.41, 5.74) is 6.55. The van der Waals surface area contributed by atoms with Gasteiger partial charge in [-0.3, -0.25) is 4.79 Å². The van der Waals surface area contributed by atoms with Crippen LogP contribution in [-0.2, 0) is 0 Å². The molecule has 0 aliphatic rings. The first-order chi connectivity index (χ1) is 8.54. The van der Waals surface area contributed by atoms with Gasteiger partial charge < -0.3 is 10.5 Å². The topological polar surface area (TPSA) is 52.3 Å². The minimum absolute atomic E-state index is 0.00532. The first-order valence-electron chi connectivity index (χ1n) is 6.57. The first-order valence-corrected chi connectivity index (χ1v) is 6.57. The second-order valence-electron chi connectivity index (χ2n) is 4.97. The van der Waals surface area contributed by atoms with Gasteiger partial charge in [0, 0.05) is 5.56 Å². The van der Waals surface area contributed by atoms with Gasteiger partial charge in [0.1, 0.15) is 5.75 Å². The Bertz CT molecular complexity index is 371. The maximum atomic E-state index is 12.0. The molecule has 100 valence electrons. The largest absolute Gasteiger partial charge is 0.494 e. The van der Waals surface area contributed by atoms with Crippen molar-refractivity contribution in [2.45, 2.75) is 39.7 Å². The summed E-state index contributed by atoms with van der Waals surface area (Å²) in [4.78, 5) is 12.0. The molecule has 0 heterocycles. The van der Waals surface area contributed by atoms with Crippen LogP contribution in [0.2, 0.25) is 0 Å². The summed E-state index contributed by atoms with van der Waals surface area (Å²) in [6, 6.07) is 6.81. The molecular formula is C15H23NO2. The van der Waals surface area contributed by atoms with Crippen LogP contribution in [0.5, 0.6) is 5.75 Å². The van der Waals surface area contributed by atoms with Crippen molar-refractivity contribution in [3.8, 4) is 5.75 Å². The molecule has 0 aliphatic heterocycles. The summed E-state index contributed by atoms with van der Waals surface area (Å²) in [7, 11) is 0. The fourth-order valence-corrected chi connectivity index (χ4v) is 1.76. The minimum Gasteiger partial charge on any atom is -0.494 e. The molecule has 0 amide bonds. The molecule has 0 spiro atoms. The van der Waals surface area contributed by atoms with Crippen LogP contribution in [0.25, 0.3) is 0 Å². The van der Waals surface area contributed by atoms with Gasteiger partial charge in [-0.1, -0.05) is 20.8 Å². The van der Waals surface area contributed by atoms with Crippen LogP contribution in [0.3, 0.4) is 0 Å². The van der Waals surface area contributed by atoms with Crippen LogP contribution in [-0.4, -0.2) is 18.4 Å². The average Bonchev–Trinajstić information content (AvgIpc) is 2.35. The van der Waals surface area contributed by atoms with Gasteiger partial charge in [-0.2, -0.15) is 0 Å². The summed E-state index contributed by atoms with van der Waals surface area (Å²) in [5.74, 6) is 1.23. The van der Waals surface area contributed by atoms with E-state index in [4.69, 9.17) is 10.5 Å². The van der Waals surface area contributed by atoms with Crippen molar-refractivity contribution in [1.29, 1.82) is 0 Å². The zero-order chi connectivity index (χ0) is 13.5. The Hall–Kier alpha value is -1.35. The van der Waals surface area contributed by atoms with Crippen LogP contribution in [0.1, 0.15) is 44.0 Å².